The van der Waals surface area contributed by atoms with Crippen molar-refractivity contribution in [3.63, 3.8) is 0 Å². The van der Waals surface area contributed by atoms with Crippen LogP contribution in [0.25, 0.3) is 10.9 Å². The summed E-state index contributed by atoms with van der Waals surface area (Å²) in [6.07, 6.45) is 2.76. The zero-order valence-corrected chi connectivity index (χ0v) is 13.5. The van der Waals surface area contributed by atoms with Crippen molar-refractivity contribution in [3.8, 4) is 0 Å². The van der Waals surface area contributed by atoms with Crippen LogP contribution in [-0.2, 0) is 20.9 Å². The number of aliphatic carboxylic acids is 2. The first kappa shape index (κ1) is 17.0. The van der Waals surface area contributed by atoms with Gasteiger partial charge in [-0.3, -0.25) is 19.3 Å². The Labute approximate surface area is 143 Å². The number of benzene rings is 1. The van der Waals surface area contributed by atoms with Crippen LogP contribution >= 0.6 is 0 Å². The van der Waals surface area contributed by atoms with Crippen LogP contribution in [0.5, 0.6) is 0 Å². The second-order valence-electron chi connectivity index (χ2n) is 6.16. The fourth-order valence-electron chi connectivity index (χ4n) is 3.63. The lowest BCUT2D eigenvalue weighted by Gasteiger charge is -2.28. The molecule has 1 aliphatic heterocycles. The molecule has 25 heavy (non-hydrogen) atoms. The average Bonchev–Trinajstić information content (AvgIpc) is 3.14. The summed E-state index contributed by atoms with van der Waals surface area (Å²) in [6.45, 7) is 0.176. The molecule has 2 heterocycles. The highest BCUT2D eigenvalue weighted by Gasteiger charge is 2.39. The number of nitrogens with zero attached hydrogens (tertiary/aromatic N) is 2. The van der Waals surface area contributed by atoms with E-state index >= 15 is 0 Å². The third-order valence-electron chi connectivity index (χ3n) is 4.61. The maximum Gasteiger partial charge on any atom is 0.325 e. The lowest BCUT2D eigenvalue weighted by atomic mass is 10.0. The molecule has 1 aromatic carbocycles. The molecule has 0 saturated carbocycles. The van der Waals surface area contributed by atoms with E-state index < -0.39 is 29.9 Å². The van der Waals surface area contributed by atoms with E-state index in [1.807, 2.05) is 0 Å². The van der Waals surface area contributed by atoms with E-state index in [1.165, 1.54) is 4.57 Å². The van der Waals surface area contributed by atoms with Crippen molar-refractivity contribution in [2.75, 3.05) is 6.54 Å². The molecule has 1 aliphatic rings. The molecule has 1 amide bonds. The Hall–Kier alpha value is -2.87. The molecule has 1 saturated heterocycles. The third-order valence-corrected chi connectivity index (χ3v) is 4.61. The first-order chi connectivity index (χ1) is 11.9. The minimum Gasteiger partial charge on any atom is -0.480 e. The lowest BCUT2D eigenvalue weighted by molar-refractivity contribution is -0.144. The van der Waals surface area contributed by atoms with Gasteiger partial charge in [0.25, 0.3) is 0 Å². The second kappa shape index (κ2) is 6.56. The number of carboxylic acid groups (broad SMARTS) is 2. The van der Waals surface area contributed by atoms with Gasteiger partial charge in [-0.25, -0.2) is 0 Å². The number of primary amides is 1. The second-order valence-corrected chi connectivity index (χ2v) is 6.16. The smallest absolute Gasteiger partial charge is 0.325 e. The minimum absolute atomic E-state index is 0.272. The van der Waals surface area contributed by atoms with E-state index in [0.717, 1.165) is 0 Å². The molecular weight excluding hydrogens is 326 g/mol. The molecule has 1 aromatic heterocycles. The van der Waals surface area contributed by atoms with E-state index in [-0.39, 0.29) is 6.54 Å². The van der Waals surface area contributed by atoms with Crippen molar-refractivity contribution < 1.29 is 24.6 Å². The molecule has 8 heteroatoms. The van der Waals surface area contributed by atoms with Crippen LogP contribution in [0, 0.1) is 0 Å². The Kier molecular flexibility index (Phi) is 4.45. The lowest BCUT2D eigenvalue weighted by Crippen LogP contribution is -2.44. The Bertz CT molecular complexity index is 844. The van der Waals surface area contributed by atoms with Gasteiger partial charge >= 0.3 is 11.9 Å². The summed E-state index contributed by atoms with van der Waals surface area (Å²) in [5.41, 5.74) is 6.54. The van der Waals surface area contributed by atoms with Crippen LogP contribution in [0.1, 0.15) is 24.4 Å². The third kappa shape index (κ3) is 3.08. The van der Waals surface area contributed by atoms with Gasteiger partial charge in [0.15, 0.2) is 0 Å². The quantitative estimate of drug-likeness (QED) is 0.711. The Morgan fingerprint density at radius 2 is 1.96 bits per heavy atom. The standard InChI is InChI=1S/C17H19N3O5/c18-16(23)13-6-3-7-20(13)15(17(24)25)11-8-19(9-14(21)22)12-5-2-1-4-10(11)12/h1-2,4-5,8,13,15H,3,6-7,9H2,(H2,18,23)(H,21,22)(H,24,25)/t13-,15?/m0/s1. The van der Waals surface area contributed by atoms with E-state index in [1.54, 1.807) is 35.4 Å². The maximum absolute atomic E-state index is 12.0. The Morgan fingerprint density at radius 3 is 2.60 bits per heavy atom. The first-order valence-corrected chi connectivity index (χ1v) is 7.97. The number of hydrogen-bond donors (Lipinski definition) is 3. The predicted octanol–water partition coefficient (Wildman–Crippen LogP) is 0.801. The first-order valence-electron chi connectivity index (χ1n) is 7.97. The number of carbonyl (C=O) groups excluding carboxylic acids is 1. The number of aromatic nitrogens is 1. The van der Waals surface area contributed by atoms with Gasteiger partial charge in [-0.1, -0.05) is 18.2 Å². The largest absolute Gasteiger partial charge is 0.480 e. The van der Waals surface area contributed by atoms with Gasteiger partial charge < -0.3 is 20.5 Å². The highest BCUT2D eigenvalue weighted by Crippen LogP contribution is 2.34. The summed E-state index contributed by atoms with van der Waals surface area (Å²) in [5.74, 6) is -2.65. The summed E-state index contributed by atoms with van der Waals surface area (Å²) in [5, 5.41) is 19.6. The Morgan fingerprint density at radius 1 is 1.24 bits per heavy atom. The van der Waals surface area contributed by atoms with Crippen LogP contribution in [0.3, 0.4) is 0 Å². The van der Waals surface area contributed by atoms with Gasteiger partial charge in [0, 0.05) is 29.2 Å². The number of fused-ring (bicyclic) bond motifs is 1. The zero-order chi connectivity index (χ0) is 18.1. The van der Waals surface area contributed by atoms with Crippen molar-refractivity contribution in [2.45, 2.75) is 31.5 Å². The number of hydrogen-bond acceptors (Lipinski definition) is 4. The van der Waals surface area contributed by atoms with E-state index in [2.05, 4.69) is 0 Å². The number of amides is 1. The molecule has 0 aliphatic carbocycles. The molecule has 0 spiro atoms. The van der Waals surface area contributed by atoms with Gasteiger partial charge in [-0.2, -0.15) is 0 Å². The fraction of sp³-hybridized carbons (Fsp3) is 0.353. The maximum atomic E-state index is 12.0. The monoisotopic (exact) mass is 345 g/mol. The van der Waals surface area contributed by atoms with Crippen LogP contribution in [0.4, 0.5) is 0 Å². The predicted molar refractivity (Wildman–Crippen MR) is 88.9 cm³/mol. The summed E-state index contributed by atoms with van der Waals surface area (Å²) in [6, 6.07) is 5.35. The molecule has 2 aromatic rings. The van der Waals surface area contributed by atoms with Gasteiger partial charge in [0.1, 0.15) is 12.6 Å². The van der Waals surface area contributed by atoms with Crippen LogP contribution in [0.2, 0.25) is 0 Å². The minimum atomic E-state index is -1.09. The molecule has 1 unspecified atom stereocenters. The molecule has 4 N–H and O–H groups in total. The molecule has 3 rings (SSSR count). The zero-order valence-electron chi connectivity index (χ0n) is 13.5. The number of carboxylic acids is 2. The molecule has 1 fully saturated rings. The van der Waals surface area contributed by atoms with Crippen LogP contribution < -0.4 is 5.73 Å². The number of para-hydroxylation sites is 1. The molecule has 0 bridgehead atoms. The van der Waals surface area contributed by atoms with Crippen LogP contribution in [-0.4, -0.2) is 50.1 Å². The fourth-order valence-corrected chi connectivity index (χ4v) is 3.63. The SMILES string of the molecule is NC(=O)[C@@H]1CCCN1C(C(=O)O)c1cn(CC(=O)O)c2ccccc12. The van der Waals surface area contributed by atoms with Crippen molar-refractivity contribution in [1.82, 2.24) is 9.47 Å². The van der Waals surface area contributed by atoms with E-state index in [0.29, 0.717) is 35.9 Å². The van der Waals surface area contributed by atoms with Crippen molar-refractivity contribution in [1.29, 1.82) is 0 Å². The summed E-state index contributed by atoms with van der Waals surface area (Å²) in [7, 11) is 0. The summed E-state index contributed by atoms with van der Waals surface area (Å²) < 4.78 is 1.51. The van der Waals surface area contributed by atoms with Gasteiger partial charge in [0.2, 0.25) is 5.91 Å². The molecule has 0 radical (unpaired) electrons. The van der Waals surface area contributed by atoms with E-state index in [4.69, 9.17) is 10.8 Å². The van der Waals surface area contributed by atoms with E-state index in [9.17, 15) is 19.5 Å². The highest BCUT2D eigenvalue weighted by atomic mass is 16.4. The van der Waals surface area contributed by atoms with Crippen molar-refractivity contribution >= 4 is 28.7 Å². The topological polar surface area (TPSA) is 126 Å². The Balaban J connectivity index is 2.12. The average molecular weight is 345 g/mol. The van der Waals surface area contributed by atoms with Crippen molar-refractivity contribution in [2.24, 2.45) is 5.73 Å². The van der Waals surface area contributed by atoms with Gasteiger partial charge in [-0.05, 0) is 18.9 Å². The molecule has 2 atom stereocenters. The molecule has 132 valence electrons. The van der Waals surface area contributed by atoms with Crippen LogP contribution in [0.15, 0.2) is 30.5 Å². The van der Waals surface area contributed by atoms with Gasteiger partial charge in [-0.15, -0.1) is 0 Å². The number of carbonyl (C=O) groups is 3. The highest BCUT2D eigenvalue weighted by molar-refractivity contribution is 5.91. The van der Waals surface area contributed by atoms with Gasteiger partial charge in [0.05, 0.1) is 6.04 Å². The molecule has 8 nitrogen and oxygen atoms in total. The number of nitrogens with two attached hydrogens (primary N) is 1. The molecular formula is C17H19N3O5. The summed E-state index contributed by atoms with van der Waals surface area (Å²) in [4.78, 5) is 36.4. The van der Waals surface area contributed by atoms with Crippen molar-refractivity contribution in [3.05, 3.63) is 36.0 Å². The normalized spacial score (nSPS) is 19.1. The summed E-state index contributed by atoms with van der Waals surface area (Å²) >= 11 is 0. The number of rotatable bonds is 6. The number of likely N-dealkylation sites (tertiary alicyclic amines) is 1.